The number of aromatic nitrogens is 3. The van der Waals surface area contributed by atoms with E-state index >= 15 is 0 Å². The van der Waals surface area contributed by atoms with E-state index in [0.717, 1.165) is 20.1 Å². The van der Waals surface area contributed by atoms with Crippen LogP contribution in [0.25, 0.3) is 0 Å². The molecule has 1 heterocycles. The van der Waals surface area contributed by atoms with Crippen LogP contribution in [0.3, 0.4) is 0 Å². The second kappa shape index (κ2) is 5.88. The van der Waals surface area contributed by atoms with Gasteiger partial charge in [-0.3, -0.25) is 0 Å². The van der Waals surface area contributed by atoms with Crippen molar-refractivity contribution < 1.29 is 0 Å². The normalized spacial score (nSPS) is 10.9. The first-order valence-corrected chi connectivity index (χ1v) is 7.11. The molecule has 0 aliphatic carbocycles. The lowest BCUT2D eigenvalue weighted by atomic mass is 10.3. The molecule has 0 radical (unpaired) electrons. The molecule has 4 nitrogen and oxygen atoms in total. The Hall–Kier alpha value is -0.820. The van der Waals surface area contributed by atoms with Crippen molar-refractivity contribution in [2.45, 2.75) is 26.4 Å². The maximum atomic E-state index is 5.92. The van der Waals surface area contributed by atoms with E-state index in [1.165, 1.54) is 0 Å². The summed E-state index contributed by atoms with van der Waals surface area (Å²) in [5.41, 5.74) is 1.05. The molecular formula is C12H14ClIN4. The van der Waals surface area contributed by atoms with Gasteiger partial charge in [0.2, 0.25) is 0 Å². The molecule has 6 heteroatoms. The zero-order valence-electron chi connectivity index (χ0n) is 10.2. The van der Waals surface area contributed by atoms with E-state index in [0.29, 0.717) is 12.6 Å². The van der Waals surface area contributed by atoms with E-state index in [1.54, 1.807) is 6.33 Å². The van der Waals surface area contributed by atoms with Gasteiger partial charge in [-0.2, -0.15) is 5.10 Å². The van der Waals surface area contributed by atoms with E-state index in [2.05, 4.69) is 51.8 Å². The predicted octanol–water partition coefficient (Wildman–Crippen LogP) is 3.73. The molecule has 0 fully saturated rings. The average molecular weight is 377 g/mol. The fourth-order valence-electron chi connectivity index (χ4n) is 1.64. The molecule has 2 rings (SSSR count). The summed E-state index contributed by atoms with van der Waals surface area (Å²) < 4.78 is 3.01. The van der Waals surface area contributed by atoms with Crippen molar-refractivity contribution in [2.24, 2.45) is 0 Å². The Morgan fingerprint density at radius 2 is 2.22 bits per heavy atom. The minimum Gasteiger partial charge on any atom is -0.377 e. The van der Waals surface area contributed by atoms with E-state index < -0.39 is 0 Å². The van der Waals surface area contributed by atoms with Crippen molar-refractivity contribution in [1.29, 1.82) is 0 Å². The smallest absolute Gasteiger partial charge is 0.146 e. The number of nitrogens with one attached hydrogen (secondary N) is 1. The van der Waals surface area contributed by atoms with E-state index in [1.807, 2.05) is 22.9 Å². The average Bonchev–Trinajstić information content (AvgIpc) is 2.76. The molecule has 0 unspecified atom stereocenters. The van der Waals surface area contributed by atoms with Gasteiger partial charge >= 0.3 is 0 Å². The molecule has 0 spiro atoms. The van der Waals surface area contributed by atoms with Gasteiger partial charge in [0, 0.05) is 20.3 Å². The molecular weight excluding hydrogens is 363 g/mol. The maximum absolute atomic E-state index is 5.92. The Labute approximate surface area is 125 Å². The molecule has 0 bridgehead atoms. The maximum Gasteiger partial charge on any atom is 0.146 e. The molecule has 0 amide bonds. The molecule has 1 N–H and O–H groups in total. The molecule has 0 saturated carbocycles. The summed E-state index contributed by atoms with van der Waals surface area (Å²) in [5, 5.41) is 8.30. The number of hydrogen-bond donors (Lipinski definition) is 1. The first kappa shape index (κ1) is 13.6. The second-order valence-corrected chi connectivity index (χ2v) is 5.79. The highest BCUT2D eigenvalue weighted by Gasteiger charge is 2.08. The van der Waals surface area contributed by atoms with Gasteiger partial charge in [0.1, 0.15) is 12.2 Å². The van der Waals surface area contributed by atoms with Crippen LogP contribution in [-0.2, 0) is 6.54 Å². The molecule has 0 atom stereocenters. The first-order valence-electron chi connectivity index (χ1n) is 5.65. The summed E-state index contributed by atoms with van der Waals surface area (Å²) in [7, 11) is 0. The van der Waals surface area contributed by atoms with Crippen molar-refractivity contribution in [3.8, 4) is 0 Å². The van der Waals surface area contributed by atoms with Gasteiger partial charge in [-0.15, -0.1) is 0 Å². The summed E-state index contributed by atoms with van der Waals surface area (Å²) in [4.78, 5) is 4.26. The standard InChI is InChI=1S/C12H14ClIN4/c1-8(2)18-12(16-7-17-18)6-15-11-4-3-9(13)5-10(11)14/h3-5,7-8,15H,6H2,1-2H3. The number of halogens is 2. The minimum absolute atomic E-state index is 0.314. The third-order valence-corrected chi connectivity index (χ3v) is 3.63. The van der Waals surface area contributed by atoms with Crippen LogP contribution in [0.2, 0.25) is 5.02 Å². The first-order chi connectivity index (χ1) is 8.58. The molecule has 2 aromatic rings. The minimum atomic E-state index is 0.314. The summed E-state index contributed by atoms with van der Waals surface area (Å²) in [6.45, 7) is 4.82. The largest absolute Gasteiger partial charge is 0.377 e. The van der Waals surface area contributed by atoms with Crippen LogP contribution in [0.15, 0.2) is 24.5 Å². The van der Waals surface area contributed by atoms with Gasteiger partial charge in [0.15, 0.2) is 0 Å². The van der Waals surface area contributed by atoms with Crippen molar-refractivity contribution in [3.05, 3.63) is 38.9 Å². The molecule has 0 aliphatic heterocycles. The Kier molecular flexibility index (Phi) is 4.45. The second-order valence-electron chi connectivity index (χ2n) is 4.19. The third kappa shape index (κ3) is 3.14. The Morgan fingerprint density at radius 3 is 2.89 bits per heavy atom. The summed E-state index contributed by atoms with van der Waals surface area (Å²) in [5.74, 6) is 0.927. The number of hydrogen-bond acceptors (Lipinski definition) is 3. The van der Waals surface area contributed by atoms with Crippen molar-refractivity contribution in [1.82, 2.24) is 14.8 Å². The highest BCUT2D eigenvalue weighted by Crippen LogP contribution is 2.22. The Bertz CT molecular complexity index is 539. The predicted molar refractivity (Wildman–Crippen MR) is 81.9 cm³/mol. The van der Waals surface area contributed by atoms with Gasteiger partial charge in [0.25, 0.3) is 0 Å². The summed E-state index contributed by atoms with van der Waals surface area (Å²) in [6, 6.07) is 6.09. The molecule has 1 aromatic heterocycles. The lowest BCUT2D eigenvalue weighted by Gasteiger charge is -2.11. The quantitative estimate of drug-likeness (QED) is 0.827. The molecule has 1 aromatic carbocycles. The van der Waals surface area contributed by atoms with Crippen LogP contribution < -0.4 is 5.32 Å². The fraction of sp³-hybridized carbons (Fsp3) is 0.333. The molecule has 96 valence electrons. The molecule has 0 aliphatic rings. The Morgan fingerprint density at radius 1 is 1.44 bits per heavy atom. The van der Waals surface area contributed by atoms with Gasteiger partial charge in [0.05, 0.1) is 6.54 Å². The lowest BCUT2D eigenvalue weighted by Crippen LogP contribution is -2.12. The number of rotatable bonds is 4. The highest BCUT2D eigenvalue weighted by molar-refractivity contribution is 14.1. The zero-order valence-corrected chi connectivity index (χ0v) is 13.1. The van der Waals surface area contributed by atoms with Gasteiger partial charge in [-0.05, 0) is 54.6 Å². The lowest BCUT2D eigenvalue weighted by molar-refractivity contribution is 0.509. The monoisotopic (exact) mass is 376 g/mol. The van der Waals surface area contributed by atoms with Crippen LogP contribution >= 0.6 is 34.2 Å². The summed E-state index contributed by atoms with van der Waals surface area (Å²) >= 11 is 8.18. The SMILES string of the molecule is CC(C)n1ncnc1CNc1ccc(Cl)cc1I. The topological polar surface area (TPSA) is 42.7 Å². The van der Waals surface area contributed by atoms with E-state index in [9.17, 15) is 0 Å². The van der Waals surface area contributed by atoms with Crippen LogP contribution in [0.4, 0.5) is 5.69 Å². The van der Waals surface area contributed by atoms with E-state index in [4.69, 9.17) is 11.6 Å². The van der Waals surface area contributed by atoms with Gasteiger partial charge < -0.3 is 5.32 Å². The van der Waals surface area contributed by atoms with Gasteiger partial charge in [-0.1, -0.05) is 11.6 Å². The summed E-state index contributed by atoms with van der Waals surface area (Å²) in [6.07, 6.45) is 1.59. The van der Waals surface area contributed by atoms with Crippen LogP contribution in [0.1, 0.15) is 25.7 Å². The fourth-order valence-corrected chi connectivity index (χ4v) is 2.70. The Balaban J connectivity index is 2.09. The van der Waals surface area contributed by atoms with Crippen molar-refractivity contribution >= 4 is 39.9 Å². The highest BCUT2D eigenvalue weighted by atomic mass is 127. The number of nitrogens with zero attached hydrogens (tertiary/aromatic N) is 3. The molecule has 18 heavy (non-hydrogen) atoms. The number of benzene rings is 1. The van der Waals surface area contributed by atoms with E-state index in [-0.39, 0.29) is 0 Å². The van der Waals surface area contributed by atoms with Crippen molar-refractivity contribution in [3.63, 3.8) is 0 Å². The molecule has 0 saturated heterocycles. The third-order valence-electron chi connectivity index (χ3n) is 2.50. The van der Waals surface area contributed by atoms with Gasteiger partial charge in [-0.25, -0.2) is 9.67 Å². The number of anilines is 1. The van der Waals surface area contributed by atoms with Crippen LogP contribution in [0.5, 0.6) is 0 Å². The van der Waals surface area contributed by atoms with Crippen LogP contribution in [0, 0.1) is 3.57 Å². The zero-order chi connectivity index (χ0) is 13.1. The van der Waals surface area contributed by atoms with Crippen LogP contribution in [-0.4, -0.2) is 14.8 Å². The van der Waals surface area contributed by atoms with Crippen molar-refractivity contribution in [2.75, 3.05) is 5.32 Å².